The van der Waals surface area contributed by atoms with Gasteiger partial charge in [-0.05, 0) is 66.0 Å². The quantitative estimate of drug-likeness (QED) is 0.904. The molecule has 0 radical (unpaired) electrons. The summed E-state index contributed by atoms with van der Waals surface area (Å²) in [4.78, 5) is 5.07. The lowest BCUT2D eigenvalue weighted by Gasteiger charge is -2.34. The molecular weight excluding hydrogens is 333 g/mol. The highest BCUT2D eigenvalue weighted by Crippen LogP contribution is 2.23. The molecule has 3 rings (SSSR count). The van der Waals surface area contributed by atoms with Gasteiger partial charge in [0.25, 0.3) is 0 Å². The Labute approximate surface area is 134 Å². The molecule has 0 saturated carbocycles. The molecule has 0 bridgehead atoms. The lowest BCUT2D eigenvalue weighted by Crippen LogP contribution is -2.46. The van der Waals surface area contributed by atoms with Gasteiger partial charge < -0.3 is 5.73 Å². The van der Waals surface area contributed by atoms with Crippen molar-refractivity contribution in [3.05, 3.63) is 34.1 Å². The Morgan fingerprint density at radius 1 is 1.19 bits per heavy atom. The number of piperidine rings is 1. The summed E-state index contributed by atoms with van der Waals surface area (Å²) < 4.78 is 13.8. The highest BCUT2D eigenvalue weighted by Gasteiger charge is 2.29. The number of likely N-dealkylation sites (tertiary alicyclic amines) is 2. The van der Waals surface area contributed by atoms with Crippen molar-refractivity contribution < 1.29 is 4.39 Å². The first kappa shape index (κ1) is 15.4. The van der Waals surface area contributed by atoms with Crippen LogP contribution in [0.15, 0.2) is 22.7 Å². The van der Waals surface area contributed by atoms with E-state index in [1.807, 2.05) is 12.1 Å². The van der Waals surface area contributed by atoms with E-state index >= 15 is 0 Å². The standard InChI is InChI=1S/C16H23BrFN3/c17-15-9-12(1-2-16(15)18)10-20-6-5-14(11-20)21-7-3-13(19)4-8-21/h1-2,9,13-14H,3-8,10-11,19H2. The number of hydrogen-bond acceptors (Lipinski definition) is 3. The number of hydrogen-bond donors (Lipinski definition) is 1. The van der Waals surface area contributed by atoms with Crippen LogP contribution >= 0.6 is 15.9 Å². The van der Waals surface area contributed by atoms with Gasteiger partial charge in [-0.2, -0.15) is 0 Å². The maximum Gasteiger partial charge on any atom is 0.137 e. The van der Waals surface area contributed by atoms with Gasteiger partial charge in [-0.25, -0.2) is 4.39 Å². The minimum Gasteiger partial charge on any atom is -0.328 e. The van der Waals surface area contributed by atoms with Crippen molar-refractivity contribution in [2.24, 2.45) is 5.73 Å². The van der Waals surface area contributed by atoms with Gasteiger partial charge in [0.05, 0.1) is 4.47 Å². The SMILES string of the molecule is NC1CCN(C2CCN(Cc3ccc(F)c(Br)c3)C2)CC1. The summed E-state index contributed by atoms with van der Waals surface area (Å²) in [6.45, 7) is 5.43. The average molecular weight is 356 g/mol. The van der Waals surface area contributed by atoms with Gasteiger partial charge in [0.15, 0.2) is 0 Å². The van der Waals surface area contributed by atoms with Crippen molar-refractivity contribution in [3.8, 4) is 0 Å². The van der Waals surface area contributed by atoms with E-state index in [1.165, 1.54) is 12.0 Å². The number of rotatable bonds is 3. The zero-order chi connectivity index (χ0) is 14.8. The van der Waals surface area contributed by atoms with Crippen LogP contribution in [0.1, 0.15) is 24.8 Å². The summed E-state index contributed by atoms with van der Waals surface area (Å²) >= 11 is 3.26. The number of halogens is 2. The Bertz CT molecular complexity index is 488. The van der Waals surface area contributed by atoms with E-state index in [1.54, 1.807) is 6.07 Å². The monoisotopic (exact) mass is 355 g/mol. The van der Waals surface area contributed by atoms with E-state index in [-0.39, 0.29) is 5.82 Å². The Kier molecular flexibility index (Phi) is 4.94. The van der Waals surface area contributed by atoms with E-state index in [9.17, 15) is 4.39 Å². The van der Waals surface area contributed by atoms with E-state index in [4.69, 9.17) is 5.73 Å². The van der Waals surface area contributed by atoms with Crippen molar-refractivity contribution in [1.29, 1.82) is 0 Å². The molecule has 1 atom stereocenters. The van der Waals surface area contributed by atoms with Gasteiger partial charge in [-0.1, -0.05) is 6.07 Å². The minimum atomic E-state index is -0.192. The van der Waals surface area contributed by atoms with Crippen LogP contribution in [0.25, 0.3) is 0 Å². The Morgan fingerprint density at radius 2 is 1.95 bits per heavy atom. The molecule has 1 unspecified atom stereocenters. The van der Waals surface area contributed by atoms with Crippen LogP contribution in [0.5, 0.6) is 0 Å². The molecule has 2 heterocycles. The maximum absolute atomic E-state index is 13.3. The fourth-order valence-electron chi connectivity index (χ4n) is 3.43. The van der Waals surface area contributed by atoms with Crippen LogP contribution in [-0.2, 0) is 6.54 Å². The normalized spacial score (nSPS) is 25.6. The van der Waals surface area contributed by atoms with Crippen LogP contribution in [0.2, 0.25) is 0 Å². The fraction of sp³-hybridized carbons (Fsp3) is 0.625. The number of benzene rings is 1. The first-order valence-corrected chi connectivity index (χ1v) is 8.57. The fourth-order valence-corrected chi connectivity index (χ4v) is 3.86. The molecule has 1 aromatic rings. The van der Waals surface area contributed by atoms with Gasteiger partial charge in [-0.3, -0.25) is 9.80 Å². The molecule has 2 fully saturated rings. The van der Waals surface area contributed by atoms with Crippen molar-refractivity contribution >= 4 is 15.9 Å². The summed E-state index contributed by atoms with van der Waals surface area (Å²) in [5.41, 5.74) is 7.15. The third-order valence-electron chi connectivity index (χ3n) is 4.73. The van der Waals surface area contributed by atoms with Crippen molar-refractivity contribution in [3.63, 3.8) is 0 Å². The van der Waals surface area contributed by atoms with Gasteiger partial charge >= 0.3 is 0 Å². The van der Waals surface area contributed by atoms with Crippen LogP contribution < -0.4 is 5.73 Å². The Balaban J connectivity index is 1.53. The molecule has 2 saturated heterocycles. The molecule has 0 amide bonds. The zero-order valence-corrected chi connectivity index (χ0v) is 13.9. The first-order valence-electron chi connectivity index (χ1n) is 7.78. The predicted octanol–water partition coefficient (Wildman–Crippen LogP) is 2.59. The molecule has 0 aliphatic carbocycles. The largest absolute Gasteiger partial charge is 0.328 e. The molecule has 1 aromatic carbocycles. The van der Waals surface area contributed by atoms with Gasteiger partial charge in [-0.15, -0.1) is 0 Å². The number of nitrogens with zero attached hydrogens (tertiary/aromatic N) is 2. The molecule has 0 aromatic heterocycles. The molecule has 3 nitrogen and oxygen atoms in total. The van der Waals surface area contributed by atoms with Crippen molar-refractivity contribution in [2.75, 3.05) is 26.2 Å². The lowest BCUT2D eigenvalue weighted by atomic mass is 10.0. The topological polar surface area (TPSA) is 32.5 Å². The van der Waals surface area contributed by atoms with Crippen LogP contribution in [0, 0.1) is 5.82 Å². The predicted molar refractivity (Wildman–Crippen MR) is 86.6 cm³/mol. The summed E-state index contributed by atoms with van der Waals surface area (Å²) in [5.74, 6) is -0.192. The van der Waals surface area contributed by atoms with E-state index < -0.39 is 0 Å². The Hall–Kier alpha value is -0.490. The third kappa shape index (κ3) is 3.83. The molecule has 2 N–H and O–H groups in total. The summed E-state index contributed by atoms with van der Waals surface area (Å²) in [7, 11) is 0. The van der Waals surface area contributed by atoms with E-state index in [0.29, 0.717) is 16.6 Å². The molecule has 2 aliphatic rings. The van der Waals surface area contributed by atoms with E-state index in [0.717, 1.165) is 45.6 Å². The first-order chi connectivity index (χ1) is 10.1. The highest BCUT2D eigenvalue weighted by atomic mass is 79.9. The molecular formula is C16H23BrFN3. The molecule has 21 heavy (non-hydrogen) atoms. The third-order valence-corrected chi connectivity index (χ3v) is 5.34. The van der Waals surface area contributed by atoms with Crippen molar-refractivity contribution in [2.45, 2.75) is 37.9 Å². The van der Waals surface area contributed by atoms with Crippen LogP contribution in [0.4, 0.5) is 4.39 Å². The molecule has 0 spiro atoms. The highest BCUT2D eigenvalue weighted by molar-refractivity contribution is 9.10. The summed E-state index contributed by atoms with van der Waals surface area (Å²) in [5, 5.41) is 0. The van der Waals surface area contributed by atoms with Gasteiger partial charge in [0.1, 0.15) is 5.82 Å². The molecule has 2 aliphatic heterocycles. The summed E-state index contributed by atoms with van der Waals surface area (Å²) in [6, 6.07) is 6.38. The van der Waals surface area contributed by atoms with Crippen molar-refractivity contribution in [1.82, 2.24) is 9.80 Å². The smallest absolute Gasteiger partial charge is 0.137 e. The Morgan fingerprint density at radius 3 is 2.67 bits per heavy atom. The lowest BCUT2D eigenvalue weighted by molar-refractivity contribution is 0.151. The summed E-state index contributed by atoms with van der Waals surface area (Å²) in [6.07, 6.45) is 3.49. The molecule has 116 valence electrons. The second kappa shape index (κ2) is 6.73. The molecule has 5 heteroatoms. The van der Waals surface area contributed by atoms with Gasteiger partial charge in [0.2, 0.25) is 0 Å². The minimum absolute atomic E-state index is 0.192. The maximum atomic E-state index is 13.3. The van der Waals surface area contributed by atoms with Crippen LogP contribution in [0.3, 0.4) is 0 Å². The zero-order valence-electron chi connectivity index (χ0n) is 12.3. The second-order valence-corrected chi connectivity index (χ2v) is 7.15. The van der Waals surface area contributed by atoms with E-state index in [2.05, 4.69) is 25.7 Å². The van der Waals surface area contributed by atoms with Crippen LogP contribution in [-0.4, -0.2) is 48.1 Å². The van der Waals surface area contributed by atoms with Gasteiger partial charge in [0, 0.05) is 31.7 Å². The average Bonchev–Trinajstić information content (AvgIpc) is 2.92. The second-order valence-electron chi connectivity index (χ2n) is 6.30. The number of nitrogens with two attached hydrogens (primary N) is 1.